The minimum absolute atomic E-state index is 0.274. The fourth-order valence-electron chi connectivity index (χ4n) is 5.90. The normalized spacial score (nSPS) is 27.2. The zero-order chi connectivity index (χ0) is 22.5. The number of carbonyl (C=O) groups is 1. The zero-order valence-electron chi connectivity index (χ0n) is 18.6. The molecule has 5 heteroatoms. The summed E-state index contributed by atoms with van der Waals surface area (Å²) < 4.78 is 0. The minimum Gasteiger partial charge on any atom is -0.378 e. The number of amides is 1. The van der Waals surface area contributed by atoms with Gasteiger partial charge in [-0.05, 0) is 75.0 Å². The lowest BCUT2D eigenvalue weighted by atomic mass is 9.85. The van der Waals surface area contributed by atoms with E-state index >= 15 is 0 Å². The van der Waals surface area contributed by atoms with Gasteiger partial charge in [-0.1, -0.05) is 47.7 Å². The molecule has 3 fully saturated rings. The molecule has 3 heterocycles. The lowest BCUT2D eigenvalue weighted by Gasteiger charge is -2.33. The van der Waals surface area contributed by atoms with Crippen molar-refractivity contribution in [1.29, 1.82) is 0 Å². The van der Waals surface area contributed by atoms with Crippen LogP contribution in [0.15, 0.2) is 48.5 Å². The Balaban J connectivity index is 1.36. The van der Waals surface area contributed by atoms with Gasteiger partial charge in [0.15, 0.2) is 0 Å². The van der Waals surface area contributed by atoms with Gasteiger partial charge in [0.05, 0.1) is 0 Å². The highest BCUT2D eigenvalue weighted by Crippen LogP contribution is 2.56. The van der Waals surface area contributed by atoms with Gasteiger partial charge in [-0.3, -0.25) is 9.69 Å². The van der Waals surface area contributed by atoms with Crippen LogP contribution in [0.3, 0.4) is 0 Å². The van der Waals surface area contributed by atoms with Crippen LogP contribution in [0.4, 0.5) is 0 Å². The van der Waals surface area contributed by atoms with Gasteiger partial charge in [0.25, 0.3) is 0 Å². The Morgan fingerprint density at radius 2 is 2.00 bits per heavy atom. The van der Waals surface area contributed by atoms with Gasteiger partial charge in [-0.25, -0.2) is 0 Å². The number of halogens is 1. The van der Waals surface area contributed by atoms with Crippen LogP contribution in [0, 0.1) is 17.8 Å². The van der Waals surface area contributed by atoms with Crippen molar-refractivity contribution in [2.45, 2.75) is 56.8 Å². The van der Waals surface area contributed by atoms with E-state index in [-0.39, 0.29) is 17.5 Å². The summed E-state index contributed by atoms with van der Waals surface area (Å²) in [6.45, 7) is 5.78. The third kappa shape index (κ3) is 3.73. The fraction of sp³-hybridized carbons (Fsp3) is 0.444. The predicted octanol–water partition coefficient (Wildman–Crippen LogP) is 4.40. The Kier molecular flexibility index (Phi) is 5.33. The van der Waals surface area contributed by atoms with Crippen LogP contribution in [0.1, 0.15) is 55.8 Å². The first-order valence-electron chi connectivity index (χ1n) is 11.4. The molecule has 0 aliphatic carbocycles. The summed E-state index contributed by atoms with van der Waals surface area (Å²) in [7, 11) is 0. The van der Waals surface area contributed by atoms with Crippen LogP contribution in [0.25, 0.3) is 0 Å². The van der Waals surface area contributed by atoms with Gasteiger partial charge in [0, 0.05) is 35.6 Å². The molecule has 2 aromatic rings. The van der Waals surface area contributed by atoms with E-state index in [0.29, 0.717) is 17.5 Å². The first-order chi connectivity index (χ1) is 15.3. The monoisotopic (exact) mass is 448 g/mol. The van der Waals surface area contributed by atoms with E-state index in [1.54, 1.807) is 13.8 Å². The topological polar surface area (TPSA) is 43.8 Å². The standard InChI is InChI=1S/C27H29ClN2O2/c1-26(2,32)13-11-19-7-9-21(10-8-19)24-16-22-18-29(17-20-5-3-6-23(28)15-20)25(31)27(22)12-4-14-30(24)27/h3,5-10,15,22,24,32H,4,12,14,16-18H2,1-2H3/t22-,24-,27-/m0/s1. The predicted molar refractivity (Wildman–Crippen MR) is 126 cm³/mol. The Labute approximate surface area is 195 Å². The SMILES string of the molecule is CC(C)(O)C#Cc1ccc([C@@H]2C[C@H]3CN(Cc4cccc(Cl)c4)C(=O)[C@]34CCCN24)cc1. The molecule has 5 rings (SSSR count). The highest BCUT2D eigenvalue weighted by Gasteiger charge is 2.65. The molecule has 1 N–H and O–H groups in total. The first kappa shape index (κ1) is 21.5. The van der Waals surface area contributed by atoms with Crippen LogP contribution in [-0.2, 0) is 11.3 Å². The molecule has 0 unspecified atom stereocenters. The van der Waals surface area contributed by atoms with Crippen LogP contribution in [-0.4, -0.2) is 45.0 Å². The molecule has 0 bridgehead atoms. The van der Waals surface area contributed by atoms with E-state index in [4.69, 9.17) is 11.6 Å². The minimum atomic E-state index is -0.999. The highest BCUT2D eigenvalue weighted by molar-refractivity contribution is 6.30. The third-order valence-corrected chi connectivity index (χ3v) is 7.43. The molecular formula is C27H29ClN2O2. The Hall–Kier alpha value is -2.32. The summed E-state index contributed by atoms with van der Waals surface area (Å²) in [6.07, 6.45) is 3.03. The molecule has 3 saturated heterocycles. The Bertz CT molecular complexity index is 1100. The number of nitrogens with zero attached hydrogens (tertiary/aromatic N) is 2. The van der Waals surface area contributed by atoms with E-state index in [1.807, 2.05) is 41.3 Å². The van der Waals surface area contributed by atoms with Crippen molar-refractivity contribution in [2.75, 3.05) is 13.1 Å². The molecule has 3 atom stereocenters. The van der Waals surface area contributed by atoms with Crippen LogP contribution in [0.2, 0.25) is 5.02 Å². The van der Waals surface area contributed by atoms with Crippen molar-refractivity contribution >= 4 is 17.5 Å². The van der Waals surface area contributed by atoms with Crippen molar-refractivity contribution in [1.82, 2.24) is 9.80 Å². The van der Waals surface area contributed by atoms with Crippen molar-refractivity contribution in [2.24, 2.45) is 5.92 Å². The van der Waals surface area contributed by atoms with E-state index in [2.05, 4.69) is 28.9 Å². The molecule has 1 spiro atoms. The van der Waals surface area contributed by atoms with Gasteiger partial charge >= 0.3 is 0 Å². The summed E-state index contributed by atoms with van der Waals surface area (Å²) in [6, 6.07) is 16.4. The Morgan fingerprint density at radius 1 is 1.22 bits per heavy atom. The molecule has 0 saturated carbocycles. The lowest BCUT2D eigenvalue weighted by Crippen LogP contribution is -2.49. The van der Waals surface area contributed by atoms with E-state index in [1.165, 1.54) is 5.56 Å². The smallest absolute Gasteiger partial charge is 0.243 e. The number of rotatable bonds is 3. The van der Waals surface area contributed by atoms with Crippen molar-refractivity contribution in [3.63, 3.8) is 0 Å². The highest BCUT2D eigenvalue weighted by atomic mass is 35.5. The number of hydrogen-bond donors (Lipinski definition) is 1. The van der Waals surface area contributed by atoms with Crippen molar-refractivity contribution < 1.29 is 9.90 Å². The third-order valence-electron chi connectivity index (χ3n) is 7.20. The maximum atomic E-state index is 13.7. The number of carbonyl (C=O) groups excluding carboxylic acids is 1. The number of hydrogen-bond acceptors (Lipinski definition) is 3. The maximum absolute atomic E-state index is 13.7. The van der Waals surface area contributed by atoms with Gasteiger partial charge in [-0.2, -0.15) is 0 Å². The largest absolute Gasteiger partial charge is 0.378 e. The second-order valence-corrected chi connectivity index (χ2v) is 10.4. The second kappa shape index (κ2) is 7.92. The van der Waals surface area contributed by atoms with E-state index < -0.39 is 5.60 Å². The summed E-state index contributed by atoms with van der Waals surface area (Å²) in [5.41, 5.74) is 1.90. The second-order valence-electron chi connectivity index (χ2n) is 9.92. The van der Waals surface area contributed by atoms with Crippen LogP contribution in [0.5, 0.6) is 0 Å². The number of benzene rings is 2. The number of aliphatic hydroxyl groups is 1. The molecule has 0 aromatic heterocycles. The summed E-state index contributed by atoms with van der Waals surface area (Å²) in [4.78, 5) is 18.2. The maximum Gasteiger partial charge on any atom is 0.243 e. The average molecular weight is 449 g/mol. The van der Waals surface area contributed by atoms with E-state index in [9.17, 15) is 9.90 Å². The van der Waals surface area contributed by atoms with Crippen LogP contribution < -0.4 is 0 Å². The van der Waals surface area contributed by atoms with E-state index in [0.717, 1.165) is 43.5 Å². The molecule has 166 valence electrons. The summed E-state index contributed by atoms with van der Waals surface area (Å²) >= 11 is 6.16. The molecule has 3 aliphatic rings. The first-order valence-corrected chi connectivity index (χ1v) is 11.8. The Morgan fingerprint density at radius 3 is 2.72 bits per heavy atom. The summed E-state index contributed by atoms with van der Waals surface area (Å²) in [5.74, 6) is 6.55. The molecular weight excluding hydrogens is 420 g/mol. The van der Waals surface area contributed by atoms with Crippen LogP contribution >= 0.6 is 11.6 Å². The molecule has 3 aliphatic heterocycles. The van der Waals surface area contributed by atoms with Crippen molar-refractivity contribution in [3.05, 3.63) is 70.2 Å². The quantitative estimate of drug-likeness (QED) is 0.708. The van der Waals surface area contributed by atoms with Gasteiger partial charge in [-0.15, -0.1) is 0 Å². The molecule has 1 amide bonds. The average Bonchev–Trinajstić information content (AvgIpc) is 3.37. The summed E-state index contributed by atoms with van der Waals surface area (Å²) in [5, 5.41) is 10.5. The fourth-order valence-corrected chi connectivity index (χ4v) is 6.11. The molecule has 2 aromatic carbocycles. The molecule has 32 heavy (non-hydrogen) atoms. The zero-order valence-corrected chi connectivity index (χ0v) is 19.4. The molecule has 4 nitrogen and oxygen atoms in total. The van der Waals surface area contributed by atoms with Crippen molar-refractivity contribution in [3.8, 4) is 11.8 Å². The van der Waals surface area contributed by atoms with Gasteiger partial charge in [0.1, 0.15) is 11.1 Å². The van der Waals surface area contributed by atoms with Gasteiger partial charge < -0.3 is 10.0 Å². The van der Waals surface area contributed by atoms with Gasteiger partial charge in [0.2, 0.25) is 5.91 Å². The molecule has 0 radical (unpaired) electrons. The number of likely N-dealkylation sites (tertiary alicyclic amines) is 1. The lowest BCUT2D eigenvalue weighted by molar-refractivity contribution is -0.137.